The number of aliphatic hydroxyl groups is 1. The monoisotopic (exact) mass is 309 g/mol. The lowest BCUT2D eigenvalue weighted by Crippen LogP contribution is -2.27. The lowest BCUT2D eigenvalue weighted by Gasteiger charge is -2.13. The third-order valence-corrected chi connectivity index (χ3v) is 3.55. The van der Waals surface area contributed by atoms with Gasteiger partial charge in [-0.05, 0) is 37.5 Å². The molecule has 0 bridgehead atoms. The van der Waals surface area contributed by atoms with E-state index in [9.17, 15) is 4.79 Å². The number of hydrogen-bond donors (Lipinski definition) is 2. The van der Waals surface area contributed by atoms with Gasteiger partial charge in [-0.1, -0.05) is 0 Å². The van der Waals surface area contributed by atoms with E-state index >= 15 is 0 Å². The fraction of sp³-hybridized carbons (Fsp3) is 0.562. The largest absolute Gasteiger partial charge is 0.493 e. The second-order valence-electron chi connectivity index (χ2n) is 5.12. The Morgan fingerprint density at radius 2 is 2.32 bits per heavy atom. The van der Waals surface area contributed by atoms with E-state index in [4.69, 9.17) is 19.3 Å². The van der Waals surface area contributed by atoms with Crippen LogP contribution in [0.1, 0.15) is 29.6 Å². The van der Waals surface area contributed by atoms with Gasteiger partial charge in [0.2, 0.25) is 0 Å². The van der Waals surface area contributed by atoms with Gasteiger partial charge in [-0.2, -0.15) is 0 Å². The average Bonchev–Trinajstić information content (AvgIpc) is 3.05. The van der Waals surface area contributed by atoms with Gasteiger partial charge in [0.15, 0.2) is 11.5 Å². The van der Waals surface area contributed by atoms with Crippen molar-refractivity contribution >= 4 is 5.91 Å². The molecule has 1 atom stereocenters. The van der Waals surface area contributed by atoms with Gasteiger partial charge >= 0.3 is 0 Å². The van der Waals surface area contributed by atoms with Gasteiger partial charge in [0, 0.05) is 18.7 Å². The topological polar surface area (TPSA) is 77.0 Å². The Morgan fingerprint density at radius 3 is 3.00 bits per heavy atom. The van der Waals surface area contributed by atoms with Crippen molar-refractivity contribution in [3.8, 4) is 11.5 Å². The molecular weight excluding hydrogens is 286 g/mol. The molecule has 122 valence electrons. The van der Waals surface area contributed by atoms with E-state index < -0.39 is 0 Å². The summed E-state index contributed by atoms with van der Waals surface area (Å²) in [5, 5.41) is 11.7. The molecular formula is C16H23NO5. The Kier molecular flexibility index (Phi) is 6.48. The molecule has 0 saturated carbocycles. The predicted molar refractivity (Wildman–Crippen MR) is 81.5 cm³/mol. The predicted octanol–water partition coefficient (Wildman–Crippen LogP) is 1.37. The average molecular weight is 309 g/mol. The van der Waals surface area contributed by atoms with Crippen LogP contribution in [-0.4, -0.2) is 50.6 Å². The van der Waals surface area contributed by atoms with Crippen molar-refractivity contribution in [3.63, 3.8) is 0 Å². The molecule has 0 aromatic heterocycles. The molecule has 2 rings (SSSR count). The highest BCUT2D eigenvalue weighted by Gasteiger charge is 2.16. The summed E-state index contributed by atoms with van der Waals surface area (Å²) in [5.41, 5.74) is 0.501. The minimum atomic E-state index is -0.158. The third-order valence-electron chi connectivity index (χ3n) is 3.55. The van der Waals surface area contributed by atoms with Crippen molar-refractivity contribution in [3.05, 3.63) is 23.8 Å². The van der Waals surface area contributed by atoms with E-state index in [-0.39, 0.29) is 25.2 Å². The zero-order valence-electron chi connectivity index (χ0n) is 12.8. The molecule has 1 saturated heterocycles. The lowest BCUT2D eigenvalue weighted by molar-refractivity contribution is 0.0906. The molecule has 0 aliphatic carbocycles. The summed E-state index contributed by atoms with van der Waals surface area (Å²) >= 11 is 0. The van der Waals surface area contributed by atoms with Gasteiger partial charge in [0.25, 0.3) is 5.91 Å². The van der Waals surface area contributed by atoms with Crippen molar-refractivity contribution < 1.29 is 24.1 Å². The molecule has 1 amide bonds. The highest BCUT2D eigenvalue weighted by Crippen LogP contribution is 2.28. The van der Waals surface area contributed by atoms with E-state index in [1.165, 1.54) is 7.11 Å². The van der Waals surface area contributed by atoms with Crippen LogP contribution in [0.3, 0.4) is 0 Å². The number of hydrogen-bond acceptors (Lipinski definition) is 5. The zero-order valence-corrected chi connectivity index (χ0v) is 12.8. The van der Waals surface area contributed by atoms with E-state index in [0.29, 0.717) is 23.6 Å². The van der Waals surface area contributed by atoms with Crippen LogP contribution in [0.4, 0.5) is 0 Å². The molecule has 1 aromatic carbocycles. The smallest absolute Gasteiger partial charge is 0.251 e. The van der Waals surface area contributed by atoms with Crippen LogP contribution in [0.2, 0.25) is 0 Å². The molecule has 1 aromatic rings. The van der Waals surface area contributed by atoms with Crippen molar-refractivity contribution in [1.29, 1.82) is 0 Å². The zero-order chi connectivity index (χ0) is 15.8. The summed E-state index contributed by atoms with van der Waals surface area (Å²) < 4.78 is 16.1. The van der Waals surface area contributed by atoms with Crippen molar-refractivity contribution in [2.75, 3.05) is 33.5 Å². The van der Waals surface area contributed by atoms with E-state index in [1.807, 2.05) is 0 Å². The first-order chi connectivity index (χ1) is 10.7. The number of rotatable bonds is 8. The van der Waals surface area contributed by atoms with E-state index in [2.05, 4.69) is 5.32 Å². The molecule has 6 nitrogen and oxygen atoms in total. The minimum Gasteiger partial charge on any atom is -0.493 e. The van der Waals surface area contributed by atoms with Crippen molar-refractivity contribution in [1.82, 2.24) is 5.32 Å². The van der Waals surface area contributed by atoms with Crippen molar-refractivity contribution in [2.45, 2.75) is 25.4 Å². The van der Waals surface area contributed by atoms with Crippen LogP contribution in [0.25, 0.3) is 0 Å². The second kappa shape index (κ2) is 8.60. The maximum absolute atomic E-state index is 12.1. The Morgan fingerprint density at radius 1 is 1.45 bits per heavy atom. The molecule has 0 radical (unpaired) electrons. The Labute approximate surface area is 130 Å². The fourth-order valence-electron chi connectivity index (χ4n) is 2.41. The molecule has 1 aliphatic heterocycles. The summed E-state index contributed by atoms with van der Waals surface area (Å²) in [5.74, 6) is 0.821. The number of carbonyl (C=O) groups is 1. The number of benzene rings is 1. The van der Waals surface area contributed by atoms with Crippen LogP contribution >= 0.6 is 0 Å². The number of nitrogens with one attached hydrogen (secondary N) is 1. The van der Waals surface area contributed by atoms with Crippen LogP contribution in [0.15, 0.2) is 18.2 Å². The normalized spacial score (nSPS) is 17.3. The first kappa shape index (κ1) is 16.6. The molecule has 22 heavy (non-hydrogen) atoms. The number of methoxy groups -OCH3 is 1. The summed E-state index contributed by atoms with van der Waals surface area (Å²) in [6, 6.07) is 4.99. The maximum Gasteiger partial charge on any atom is 0.251 e. The number of amides is 1. The fourth-order valence-corrected chi connectivity index (χ4v) is 2.41. The lowest BCUT2D eigenvalue weighted by atomic mass is 10.1. The van der Waals surface area contributed by atoms with Gasteiger partial charge in [0.05, 0.1) is 19.8 Å². The summed E-state index contributed by atoms with van der Waals surface area (Å²) in [7, 11) is 1.53. The highest BCUT2D eigenvalue weighted by molar-refractivity contribution is 5.94. The molecule has 1 heterocycles. The molecule has 1 aliphatic rings. The Bertz CT molecular complexity index is 485. The first-order valence-corrected chi connectivity index (χ1v) is 7.56. The Balaban J connectivity index is 1.90. The van der Waals surface area contributed by atoms with Crippen LogP contribution < -0.4 is 14.8 Å². The summed E-state index contributed by atoms with van der Waals surface area (Å²) in [6.07, 6.45) is 3.26. The highest BCUT2D eigenvalue weighted by atomic mass is 16.5. The molecule has 0 spiro atoms. The van der Waals surface area contributed by atoms with E-state index in [1.54, 1.807) is 18.2 Å². The number of ether oxygens (including phenoxy) is 3. The van der Waals surface area contributed by atoms with Crippen LogP contribution in [0, 0.1) is 0 Å². The summed E-state index contributed by atoms with van der Waals surface area (Å²) in [6.45, 7) is 1.46. The summed E-state index contributed by atoms with van der Waals surface area (Å²) in [4.78, 5) is 12.1. The quantitative estimate of drug-likeness (QED) is 0.758. The molecule has 2 N–H and O–H groups in total. The number of carbonyl (C=O) groups excluding carboxylic acids is 1. The van der Waals surface area contributed by atoms with E-state index in [0.717, 1.165) is 25.9 Å². The van der Waals surface area contributed by atoms with Crippen molar-refractivity contribution in [2.24, 2.45) is 0 Å². The van der Waals surface area contributed by atoms with Gasteiger partial charge in [-0.15, -0.1) is 0 Å². The van der Waals surface area contributed by atoms with Gasteiger partial charge in [-0.25, -0.2) is 0 Å². The maximum atomic E-state index is 12.1. The van der Waals surface area contributed by atoms with Crippen LogP contribution in [0.5, 0.6) is 11.5 Å². The third kappa shape index (κ3) is 4.61. The van der Waals surface area contributed by atoms with Crippen LogP contribution in [-0.2, 0) is 4.74 Å². The van der Waals surface area contributed by atoms with Gasteiger partial charge < -0.3 is 24.6 Å². The first-order valence-electron chi connectivity index (χ1n) is 7.56. The van der Waals surface area contributed by atoms with Gasteiger partial charge in [0.1, 0.15) is 6.61 Å². The standard InChI is InChI=1S/C16H23NO5/c1-20-14-5-4-12(11-15(14)22-10-8-18)16(19)17-7-6-13-3-2-9-21-13/h4-5,11,13,18H,2-3,6-10H2,1H3,(H,17,19)/t13-/m1/s1. The molecule has 1 fully saturated rings. The minimum absolute atomic E-state index is 0.0963. The molecule has 0 unspecified atom stereocenters. The SMILES string of the molecule is COc1ccc(C(=O)NCC[C@H]2CCCO2)cc1OCCO. The van der Waals surface area contributed by atoms with Gasteiger partial charge in [-0.3, -0.25) is 4.79 Å². The Hall–Kier alpha value is -1.79. The number of aliphatic hydroxyl groups excluding tert-OH is 1. The second-order valence-corrected chi connectivity index (χ2v) is 5.12. The molecule has 6 heteroatoms.